The number of nitrogen functional groups attached to an aromatic ring is 2. The van der Waals surface area contributed by atoms with Gasteiger partial charge in [0.25, 0.3) is 5.69 Å². The van der Waals surface area contributed by atoms with Crippen LogP contribution in [0.4, 0.5) is 27.1 Å². The van der Waals surface area contributed by atoms with Crippen molar-refractivity contribution < 1.29 is 14.2 Å². The number of nitro groups is 2. The third-order valence-electron chi connectivity index (χ3n) is 2.30. The molecule has 0 aliphatic heterocycles. The lowest BCUT2D eigenvalue weighted by atomic mass is 10.2. The van der Waals surface area contributed by atoms with Crippen LogP contribution in [0.5, 0.6) is 0 Å². The van der Waals surface area contributed by atoms with E-state index < -0.39 is 32.7 Å². The molecule has 0 spiro atoms. The van der Waals surface area contributed by atoms with Gasteiger partial charge in [-0.2, -0.15) is 0 Å². The fraction of sp³-hybridized carbons (Fsp3) is 0. The van der Waals surface area contributed by atoms with Crippen LogP contribution >= 0.6 is 0 Å². The van der Waals surface area contributed by atoms with E-state index in [1.54, 1.807) is 0 Å². The molecule has 0 radical (unpaired) electrons. The molecular formula is C12H11FN4O4. The first-order valence-electron chi connectivity index (χ1n) is 5.51. The van der Waals surface area contributed by atoms with Gasteiger partial charge in [-0.05, 0) is 12.1 Å². The number of nitrogens with two attached hydrogens (primary N) is 2. The summed E-state index contributed by atoms with van der Waals surface area (Å²) >= 11 is 0. The zero-order valence-electron chi connectivity index (χ0n) is 10.6. The minimum Gasteiger partial charge on any atom is -0.399 e. The second kappa shape index (κ2) is 6.80. The number of anilines is 2. The van der Waals surface area contributed by atoms with Crippen molar-refractivity contribution in [1.82, 2.24) is 0 Å². The highest BCUT2D eigenvalue weighted by Gasteiger charge is 2.21. The molecular weight excluding hydrogens is 283 g/mol. The SMILES string of the molecule is Nc1c(F)cc([N+](=O)[O-])cc1[N+](=O)[O-].Nc1ccccc1. The van der Waals surface area contributed by atoms with Crippen molar-refractivity contribution in [3.8, 4) is 0 Å². The topological polar surface area (TPSA) is 138 Å². The number of hydrogen-bond acceptors (Lipinski definition) is 6. The third kappa shape index (κ3) is 4.42. The smallest absolute Gasteiger partial charge is 0.302 e. The molecule has 0 fully saturated rings. The number of benzene rings is 2. The van der Waals surface area contributed by atoms with Crippen LogP contribution in [0.25, 0.3) is 0 Å². The average molecular weight is 294 g/mol. The molecule has 2 aromatic rings. The van der Waals surface area contributed by atoms with Gasteiger partial charge in [0.2, 0.25) is 0 Å². The number of nitrogens with zero attached hydrogens (tertiary/aromatic N) is 2. The molecule has 8 nitrogen and oxygen atoms in total. The highest BCUT2D eigenvalue weighted by Crippen LogP contribution is 2.29. The van der Waals surface area contributed by atoms with Gasteiger partial charge < -0.3 is 11.5 Å². The number of halogens is 1. The molecule has 0 aliphatic carbocycles. The Morgan fingerprint density at radius 3 is 1.90 bits per heavy atom. The van der Waals surface area contributed by atoms with Crippen molar-refractivity contribution in [1.29, 1.82) is 0 Å². The number of rotatable bonds is 2. The first-order chi connectivity index (χ1) is 9.82. The van der Waals surface area contributed by atoms with Crippen LogP contribution in [0.15, 0.2) is 42.5 Å². The number of hydrogen-bond donors (Lipinski definition) is 2. The van der Waals surface area contributed by atoms with Gasteiger partial charge in [0.15, 0.2) is 5.82 Å². The quantitative estimate of drug-likeness (QED) is 0.495. The zero-order chi connectivity index (χ0) is 16.0. The Kier molecular flexibility index (Phi) is 5.12. The largest absolute Gasteiger partial charge is 0.399 e. The van der Waals surface area contributed by atoms with Crippen molar-refractivity contribution in [2.75, 3.05) is 11.5 Å². The minimum atomic E-state index is -1.18. The lowest BCUT2D eigenvalue weighted by molar-refractivity contribution is -0.393. The van der Waals surface area contributed by atoms with Gasteiger partial charge >= 0.3 is 5.69 Å². The summed E-state index contributed by atoms with van der Waals surface area (Å²) in [6.45, 7) is 0. The highest BCUT2D eigenvalue weighted by atomic mass is 19.1. The summed E-state index contributed by atoms with van der Waals surface area (Å²) in [4.78, 5) is 18.6. The van der Waals surface area contributed by atoms with Crippen LogP contribution in [-0.4, -0.2) is 9.85 Å². The Balaban J connectivity index is 0.000000262. The van der Waals surface area contributed by atoms with Crippen LogP contribution < -0.4 is 11.5 Å². The van der Waals surface area contributed by atoms with Crippen molar-refractivity contribution in [2.45, 2.75) is 0 Å². The lowest BCUT2D eigenvalue weighted by Crippen LogP contribution is -2.00. The Bertz CT molecular complexity index is 664. The number of nitro benzene ring substituents is 2. The van der Waals surface area contributed by atoms with Gasteiger partial charge in [-0.1, -0.05) is 18.2 Å². The molecule has 0 amide bonds. The molecule has 4 N–H and O–H groups in total. The van der Waals surface area contributed by atoms with Crippen LogP contribution in [0.1, 0.15) is 0 Å². The molecule has 0 unspecified atom stereocenters. The molecule has 0 aromatic heterocycles. The summed E-state index contributed by atoms with van der Waals surface area (Å²) < 4.78 is 12.8. The molecule has 9 heteroatoms. The summed E-state index contributed by atoms with van der Waals surface area (Å²) in [5.41, 5.74) is 8.97. The summed E-state index contributed by atoms with van der Waals surface area (Å²) in [6.07, 6.45) is 0. The second-order valence-electron chi connectivity index (χ2n) is 3.79. The first kappa shape index (κ1) is 15.8. The van der Waals surface area contributed by atoms with E-state index in [2.05, 4.69) is 0 Å². The maximum atomic E-state index is 12.8. The fourth-order valence-corrected chi connectivity index (χ4v) is 1.30. The first-order valence-corrected chi connectivity index (χ1v) is 5.51. The van der Waals surface area contributed by atoms with Gasteiger partial charge in [-0.25, -0.2) is 4.39 Å². The fourth-order valence-electron chi connectivity index (χ4n) is 1.30. The summed E-state index contributed by atoms with van der Waals surface area (Å²) in [5.74, 6) is -1.18. The predicted molar refractivity (Wildman–Crippen MR) is 75.0 cm³/mol. The normalized spacial score (nSPS) is 9.38. The number of non-ortho nitro benzene ring substituents is 1. The van der Waals surface area contributed by atoms with Gasteiger partial charge in [-0.3, -0.25) is 20.2 Å². The molecule has 0 saturated carbocycles. The van der Waals surface area contributed by atoms with Crippen LogP contribution in [0.2, 0.25) is 0 Å². The molecule has 0 aliphatic rings. The van der Waals surface area contributed by atoms with Crippen LogP contribution in [0, 0.1) is 26.0 Å². The van der Waals surface area contributed by atoms with E-state index >= 15 is 0 Å². The molecule has 21 heavy (non-hydrogen) atoms. The Labute approximate surface area is 118 Å². The third-order valence-corrected chi connectivity index (χ3v) is 2.30. The van der Waals surface area contributed by atoms with E-state index in [9.17, 15) is 24.6 Å². The summed E-state index contributed by atoms with van der Waals surface area (Å²) in [6, 6.07) is 10.6. The maximum Gasteiger partial charge on any atom is 0.302 e. The number of para-hydroxylation sites is 1. The van der Waals surface area contributed by atoms with Gasteiger partial charge in [0.05, 0.1) is 22.0 Å². The average Bonchev–Trinajstić information content (AvgIpc) is 2.42. The molecule has 110 valence electrons. The Morgan fingerprint density at radius 1 is 0.952 bits per heavy atom. The van der Waals surface area contributed by atoms with Crippen LogP contribution in [-0.2, 0) is 0 Å². The second-order valence-corrected chi connectivity index (χ2v) is 3.79. The predicted octanol–water partition coefficient (Wildman–Crippen LogP) is 2.49. The van der Waals surface area contributed by atoms with Gasteiger partial charge in [0, 0.05) is 5.69 Å². The van der Waals surface area contributed by atoms with Crippen molar-refractivity contribution >= 4 is 22.7 Å². The molecule has 0 saturated heterocycles. The maximum absolute atomic E-state index is 12.8. The lowest BCUT2D eigenvalue weighted by Gasteiger charge is -1.98. The summed E-state index contributed by atoms with van der Waals surface area (Å²) in [5, 5.41) is 20.5. The monoisotopic (exact) mass is 294 g/mol. The zero-order valence-corrected chi connectivity index (χ0v) is 10.6. The minimum absolute atomic E-state index is 0.530. The highest BCUT2D eigenvalue weighted by molar-refractivity contribution is 5.63. The van der Waals surface area contributed by atoms with Crippen molar-refractivity contribution in [3.63, 3.8) is 0 Å². The van der Waals surface area contributed by atoms with E-state index in [4.69, 9.17) is 11.5 Å². The van der Waals surface area contributed by atoms with E-state index in [0.717, 1.165) is 5.69 Å². The van der Waals surface area contributed by atoms with E-state index in [0.29, 0.717) is 12.1 Å². The summed E-state index contributed by atoms with van der Waals surface area (Å²) in [7, 11) is 0. The van der Waals surface area contributed by atoms with Gasteiger partial charge in [0.1, 0.15) is 5.69 Å². The molecule has 0 bridgehead atoms. The van der Waals surface area contributed by atoms with Gasteiger partial charge in [-0.15, -0.1) is 0 Å². The van der Waals surface area contributed by atoms with E-state index in [1.165, 1.54) is 0 Å². The molecule has 0 heterocycles. The van der Waals surface area contributed by atoms with E-state index in [-0.39, 0.29) is 0 Å². The Hall–Kier alpha value is -3.23. The van der Waals surface area contributed by atoms with Crippen molar-refractivity contribution in [2.24, 2.45) is 0 Å². The molecule has 2 aromatic carbocycles. The van der Waals surface area contributed by atoms with Crippen molar-refractivity contribution in [3.05, 3.63) is 68.5 Å². The van der Waals surface area contributed by atoms with E-state index in [1.807, 2.05) is 30.3 Å². The van der Waals surface area contributed by atoms with Crippen LogP contribution in [0.3, 0.4) is 0 Å². The Morgan fingerprint density at radius 2 is 1.52 bits per heavy atom. The standard InChI is InChI=1S/C6H4FN3O4.C6H7N/c7-4-1-3(9(11)12)2-5(6(4)8)10(13)14;7-6-4-2-1-3-5-6/h1-2H,8H2;1-5H,7H2. The molecule has 2 rings (SSSR count). The molecule has 0 atom stereocenters.